The Morgan fingerprint density at radius 3 is 2.60 bits per heavy atom. The maximum Gasteiger partial charge on any atom is 0.274 e. The Hall–Kier alpha value is -3.98. The Bertz CT molecular complexity index is 1290. The van der Waals surface area contributed by atoms with E-state index in [1.165, 1.54) is 18.3 Å². The van der Waals surface area contributed by atoms with Gasteiger partial charge in [-0.1, -0.05) is 18.2 Å². The number of carbonyl (C=O) groups is 2. The largest absolute Gasteiger partial charge is 0.490 e. The van der Waals surface area contributed by atoms with Gasteiger partial charge in [0.2, 0.25) is 0 Å². The molecule has 2 N–H and O–H groups in total. The number of para-hydroxylation sites is 1. The fourth-order valence-corrected chi connectivity index (χ4v) is 3.70. The molecule has 0 radical (unpaired) electrons. The third kappa shape index (κ3) is 7.25. The smallest absolute Gasteiger partial charge is 0.274 e. The van der Waals surface area contributed by atoms with Crippen molar-refractivity contribution in [1.82, 2.24) is 5.43 Å². The van der Waals surface area contributed by atoms with Crippen LogP contribution in [0.2, 0.25) is 0 Å². The van der Waals surface area contributed by atoms with E-state index >= 15 is 0 Å². The Morgan fingerprint density at radius 1 is 1.14 bits per heavy atom. The van der Waals surface area contributed by atoms with Crippen molar-refractivity contribution in [3.05, 3.63) is 86.7 Å². The minimum atomic E-state index is -0.817. The molecule has 0 bridgehead atoms. The number of benzene rings is 3. The van der Waals surface area contributed by atoms with Crippen molar-refractivity contribution in [1.29, 1.82) is 5.26 Å². The van der Waals surface area contributed by atoms with Crippen LogP contribution in [0, 0.1) is 20.7 Å². The van der Waals surface area contributed by atoms with Gasteiger partial charge >= 0.3 is 0 Å². The van der Waals surface area contributed by atoms with E-state index < -0.39 is 11.7 Å². The second kappa shape index (κ2) is 12.5. The molecule has 0 aromatic heterocycles. The Labute approximate surface area is 214 Å². The summed E-state index contributed by atoms with van der Waals surface area (Å²) in [6.45, 7) is 1.95. The molecule has 0 fully saturated rings. The van der Waals surface area contributed by atoms with E-state index in [4.69, 9.17) is 14.7 Å². The number of rotatable bonds is 9. The van der Waals surface area contributed by atoms with Crippen LogP contribution in [0.1, 0.15) is 28.4 Å². The maximum atomic E-state index is 14.0. The van der Waals surface area contributed by atoms with Crippen LogP contribution in [-0.4, -0.2) is 31.2 Å². The molecule has 10 heteroatoms. The summed E-state index contributed by atoms with van der Waals surface area (Å²) in [5, 5.41) is 15.4. The zero-order valence-electron chi connectivity index (χ0n) is 18.5. The lowest BCUT2D eigenvalue weighted by Crippen LogP contribution is -2.20. The average molecular weight is 586 g/mol. The topological polar surface area (TPSA) is 113 Å². The number of hydrazone groups is 1. The van der Waals surface area contributed by atoms with Gasteiger partial charge in [-0.25, -0.2) is 9.82 Å². The first-order chi connectivity index (χ1) is 16.9. The molecule has 0 aliphatic rings. The summed E-state index contributed by atoms with van der Waals surface area (Å²) in [6, 6.07) is 17.8. The lowest BCUT2D eigenvalue weighted by molar-refractivity contribution is -0.118. The minimum Gasteiger partial charge on any atom is -0.490 e. The normalized spacial score (nSPS) is 10.5. The quantitative estimate of drug-likeness (QED) is 0.218. The lowest BCUT2D eigenvalue weighted by atomic mass is 10.1. The summed E-state index contributed by atoms with van der Waals surface area (Å²) < 4.78 is 26.0. The van der Waals surface area contributed by atoms with Crippen LogP contribution in [-0.2, 0) is 4.79 Å². The lowest BCUT2D eigenvalue weighted by Gasteiger charge is -2.14. The number of ether oxygens (including phenoxy) is 2. The molecule has 0 spiro atoms. The second-order valence-electron chi connectivity index (χ2n) is 6.97. The molecule has 35 heavy (non-hydrogen) atoms. The van der Waals surface area contributed by atoms with Gasteiger partial charge in [-0.3, -0.25) is 9.59 Å². The first-order valence-corrected chi connectivity index (χ1v) is 11.5. The molecule has 178 valence electrons. The predicted octanol–water partition coefficient (Wildman–Crippen LogP) is 4.48. The monoisotopic (exact) mass is 586 g/mol. The molecule has 3 rings (SSSR count). The van der Waals surface area contributed by atoms with Gasteiger partial charge in [-0.15, -0.1) is 0 Å². The zero-order valence-corrected chi connectivity index (χ0v) is 20.7. The van der Waals surface area contributed by atoms with Crippen molar-refractivity contribution < 1.29 is 23.5 Å². The van der Waals surface area contributed by atoms with Gasteiger partial charge in [0.1, 0.15) is 5.82 Å². The van der Waals surface area contributed by atoms with Crippen LogP contribution in [0.15, 0.2) is 65.8 Å². The standard InChI is InChI=1S/C25H20FIN4O4/c1-2-34-22-12-17(14-29-31-25(33)19-9-8-16(13-28)10-20(19)26)11-21(27)24(22)35-15-23(32)30-18-6-4-3-5-7-18/h3-12,14H,2,15H2,1H3,(H,30,32)(H,31,33)/b29-14-. The van der Waals surface area contributed by atoms with E-state index in [0.29, 0.717) is 32.9 Å². The third-order valence-corrected chi connectivity index (χ3v) is 5.26. The predicted molar refractivity (Wildman–Crippen MR) is 137 cm³/mol. The summed E-state index contributed by atoms with van der Waals surface area (Å²) in [6.07, 6.45) is 1.37. The molecule has 3 aromatic rings. The summed E-state index contributed by atoms with van der Waals surface area (Å²) in [5.41, 5.74) is 3.38. The van der Waals surface area contributed by atoms with Gasteiger partial charge in [0.05, 0.1) is 33.6 Å². The van der Waals surface area contributed by atoms with Crippen LogP contribution in [0.3, 0.4) is 0 Å². The van der Waals surface area contributed by atoms with Crippen LogP contribution in [0.5, 0.6) is 11.5 Å². The highest BCUT2D eigenvalue weighted by Crippen LogP contribution is 2.34. The van der Waals surface area contributed by atoms with Crippen molar-refractivity contribution in [3.8, 4) is 17.6 Å². The minimum absolute atomic E-state index is 0.112. The Kier molecular flexibility index (Phi) is 9.14. The SMILES string of the molecule is CCOc1cc(/C=N\NC(=O)c2ccc(C#N)cc2F)cc(I)c1OCC(=O)Nc1ccccc1. The number of halogens is 2. The van der Waals surface area contributed by atoms with Crippen LogP contribution in [0.4, 0.5) is 10.1 Å². The summed E-state index contributed by atoms with van der Waals surface area (Å²) in [5.74, 6) is -1.10. The van der Waals surface area contributed by atoms with Crippen molar-refractivity contribution in [2.45, 2.75) is 6.92 Å². The fourth-order valence-electron chi connectivity index (χ4n) is 2.92. The molecule has 3 aromatic carbocycles. The molecule has 0 aliphatic carbocycles. The number of hydrogen-bond acceptors (Lipinski definition) is 6. The average Bonchev–Trinajstić information content (AvgIpc) is 2.84. The van der Waals surface area contributed by atoms with Crippen LogP contribution in [0.25, 0.3) is 0 Å². The molecule has 8 nitrogen and oxygen atoms in total. The molecule has 0 saturated heterocycles. The summed E-state index contributed by atoms with van der Waals surface area (Å²) in [4.78, 5) is 24.4. The van der Waals surface area contributed by atoms with Gasteiger partial charge < -0.3 is 14.8 Å². The number of amides is 2. The van der Waals surface area contributed by atoms with E-state index in [2.05, 4.69) is 15.8 Å². The fraction of sp³-hybridized carbons (Fsp3) is 0.120. The second-order valence-corrected chi connectivity index (χ2v) is 8.13. The molecule has 0 aliphatic heterocycles. The van der Waals surface area contributed by atoms with E-state index in [1.807, 2.05) is 47.7 Å². The molecular weight excluding hydrogens is 566 g/mol. The zero-order chi connectivity index (χ0) is 25.2. The summed E-state index contributed by atoms with van der Waals surface area (Å²) in [7, 11) is 0. The highest BCUT2D eigenvalue weighted by molar-refractivity contribution is 14.1. The van der Waals surface area contributed by atoms with Crippen molar-refractivity contribution in [3.63, 3.8) is 0 Å². The third-order valence-electron chi connectivity index (χ3n) is 4.46. The molecule has 0 atom stereocenters. The van der Waals surface area contributed by atoms with Gasteiger partial charge in [0.15, 0.2) is 18.1 Å². The number of carbonyl (C=O) groups excluding carboxylic acids is 2. The first-order valence-electron chi connectivity index (χ1n) is 10.4. The molecule has 0 saturated carbocycles. The molecular formula is C25H20FIN4O4. The summed E-state index contributed by atoms with van der Waals surface area (Å²) >= 11 is 2.05. The molecule has 0 heterocycles. The molecule has 0 unspecified atom stereocenters. The maximum absolute atomic E-state index is 14.0. The Morgan fingerprint density at radius 2 is 1.91 bits per heavy atom. The van der Waals surface area contributed by atoms with Gasteiger partial charge in [0, 0.05) is 5.69 Å². The van der Waals surface area contributed by atoms with Gasteiger partial charge in [0.25, 0.3) is 11.8 Å². The van der Waals surface area contributed by atoms with E-state index in [0.717, 1.165) is 6.07 Å². The highest BCUT2D eigenvalue weighted by Gasteiger charge is 2.15. The number of anilines is 1. The van der Waals surface area contributed by atoms with E-state index in [-0.39, 0.29) is 23.6 Å². The molecule has 2 amide bonds. The number of nitrogens with one attached hydrogen (secondary N) is 2. The number of nitrogens with zero attached hydrogens (tertiary/aromatic N) is 2. The van der Waals surface area contributed by atoms with Crippen molar-refractivity contribution >= 4 is 46.3 Å². The van der Waals surface area contributed by atoms with Crippen molar-refractivity contribution in [2.24, 2.45) is 5.10 Å². The Balaban J connectivity index is 1.67. The van der Waals surface area contributed by atoms with Crippen LogP contribution < -0.4 is 20.2 Å². The van der Waals surface area contributed by atoms with E-state index in [1.54, 1.807) is 30.3 Å². The van der Waals surface area contributed by atoms with Gasteiger partial charge in [-0.05, 0) is 77.5 Å². The van der Waals surface area contributed by atoms with Crippen molar-refractivity contribution in [2.75, 3.05) is 18.5 Å². The highest BCUT2D eigenvalue weighted by atomic mass is 127. The van der Waals surface area contributed by atoms with Crippen LogP contribution >= 0.6 is 22.6 Å². The number of nitriles is 1. The van der Waals surface area contributed by atoms with Gasteiger partial charge in [-0.2, -0.15) is 10.4 Å². The first kappa shape index (κ1) is 25.6. The van der Waals surface area contributed by atoms with E-state index in [9.17, 15) is 14.0 Å². The number of hydrogen-bond donors (Lipinski definition) is 2.